The zero-order valence-corrected chi connectivity index (χ0v) is 41.1. The van der Waals surface area contributed by atoms with Crippen LogP contribution >= 0.6 is 48.0 Å². The zero-order valence-electron chi connectivity index (χ0n) is 35.8. The quantitative estimate of drug-likeness (QED) is 0.0963. The van der Waals surface area contributed by atoms with E-state index in [1.165, 1.54) is 34.3 Å². The molecule has 0 amide bonds. The van der Waals surface area contributed by atoms with Gasteiger partial charge in [-0.25, -0.2) is 4.79 Å². The number of thiocarbonyl (C=S) groups is 2. The number of nitrogens with one attached hydrogen (secondary N) is 1. The molecule has 5 aromatic rings. The minimum atomic E-state index is -3.07. The van der Waals surface area contributed by atoms with Gasteiger partial charge in [0.2, 0.25) is 8.77 Å². The van der Waals surface area contributed by atoms with Gasteiger partial charge in [-0.05, 0) is 67.8 Å². The number of aromatic nitrogens is 2. The monoisotopic (exact) mass is 930 g/mol. The van der Waals surface area contributed by atoms with Crippen LogP contribution in [0.5, 0.6) is 0 Å². The Morgan fingerprint density at radius 1 is 0.656 bits per heavy atom. The van der Waals surface area contributed by atoms with Crippen molar-refractivity contribution < 1.29 is 23.1 Å². The highest BCUT2D eigenvalue weighted by Gasteiger charge is 2.55. The largest absolute Gasteiger partial charge is 0.468 e. The van der Waals surface area contributed by atoms with E-state index >= 15 is 0 Å². The summed E-state index contributed by atoms with van der Waals surface area (Å²) in [7, 11) is -6.13. The van der Waals surface area contributed by atoms with Gasteiger partial charge in [0.25, 0.3) is 22.2 Å². The van der Waals surface area contributed by atoms with Crippen molar-refractivity contribution in [2.24, 2.45) is 0 Å². The van der Waals surface area contributed by atoms with Crippen LogP contribution in [0.1, 0.15) is 53.3 Å². The molecule has 9 nitrogen and oxygen atoms in total. The normalized spacial score (nSPS) is 18.4. The number of nitrogens with zero attached hydrogens (tertiary/aromatic N) is 1. The predicted octanol–water partition coefficient (Wildman–Crippen LogP) is 7.15. The van der Waals surface area contributed by atoms with Crippen LogP contribution in [0.3, 0.4) is 0 Å². The van der Waals surface area contributed by atoms with Crippen molar-refractivity contribution in [1.29, 1.82) is 0 Å². The van der Waals surface area contributed by atoms with Crippen molar-refractivity contribution in [1.82, 2.24) is 9.55 Å². The van der Waals surface area contributed by atoms with E-state index in [2.05, 4.69) is 95.1 Å². The van der Waals surface area contributed by atoms with E-state index in [9.17, 15) is 9.59 Å². The Balaban J connectivity index is 1.43. The lowest BCUT2D eigenvalue weighted by atomic mass is 10.1. The molecule has 1 aliphatic rings. The molecule has 2 heterocycles. The maximum absolute atomic E-state index is 14.0. The average molecular weight is 931 g/mol. The third-order valence-electron chi connectivity index (χ3n) is 11.1. The summed E-state index contributed by atoms with van der Waals surface area (Å²) in [6.07, 6.45) is 1.43. The number of hydrogen-bond acceptors (Lipinski definition) is 11. The number of benzene rings is 4. The second-order valence-corrected chi connectivity index (χ2v) is 28.3. The fourth-order valence-electron chi connectivity index (χ4n) is 8.39. The fraction of sp³-hybridized carbons (Fsp3) is 0.348. The van der Waals surface area contributed by atoms with Crippen LogP contribution in [0.4, 0.5) is 0 Å². The summed E-state index contributed by atoms with van der Waals surface area (Å²) < 4.78 is 36.1. The van der Waals surface area contributed by atoms with E-state index in [-0.39, 0.29) is 37.6 Å². The molecule has 322 valence electrons. The first-order chi connectivity index (χ1) is 29.1. The van der Waals surface area contributed by atoms with Gasteiger partial charge in [0.1, 0.15) is 6.10 Å². The van der Waals surface area contributed by atoms with E-state index in [1.807, 2.05) is 85.3 Å². The van der Waals surface area contributed by atoms with Gasteiger partial charge in [-0.3, -0.25) is 14.3 Å². The standard InChI is InChI=1S/C46H54N2O7S4Si2/c1-45(2,3)60(33-21-13-9-14-22-33,34-23-15-10-16-24-34)51-30-32-29-48(42(50)47-40(32)49)41-39(55-44(57)59-8)38(54-43(56)58-7)37(53-41)31-52-61(46(4,5)6,35-25-17-11-18-26-35)36-27-19-12-20-28-36/h9-29,37-39,41H,30-31H2,1-8H3,(H,47,49,50)/t37-,38-,39-,41-/m1/s1. The molecule has 1 aromatic heterocycles. The molecule has 0 aliphatic carbocycles. The lowest BCUT2D eigenvalue weighted by Crippen LogP contribution is -2.67. The van der Waals surface area contributed by atoms with Gasteiger partial charge in [-0.15, -0.1) is 0 Å². The molecular weight excluding hydrogens is 877 g/mol. The zero-order chi connectivity index (χ0) is 44.0. The molecule has 6 rings (SSSR count). The van der Waals surface area contributed by atoms with Gasteiger partial charge in [0.05, 0.1) is 18.8 Å². The van der Waals surface area contributed by atoms with Crippen LogP contribution in [0.25, 0.3) is 0 Å². The molecule has 0 bridgehead atoms. The van der Waals surface area contributed by atoms with Gasteiger partial charge in [0, 0.05) is 6.20 Å². The molecule has 1 fully saturated rings. The summed E-state index contributed by atoms with van der Waals surface area (Å²) in [5, 5.41) is 3.63. The topological polar surface area (TPSA) is 101 Å². The van der Waals surface area contributed by atoms with Crippen LogP contribution in [0.15, 0.2) is 137 Å². The Hall–Kier alpha value is -3.65. The molecular formula is C46H54N2O7S4Si2. The Morgan fingerprint density at radius 2 is 1.05 bits per heavy atom. The first-order valence-corrected chi connectivity index (χ1v) is 27.1. The Labute approximate surface area is 380 Å². The van der Waals surface area contributed by atoms with Crippen LogP contribution in [0.2, 0.25) is 10.1 Å². The molecule has 0 radical (unpaired) electrons. The maximum Gasteiger partial charge on any atom is 0.330 e. The maximum atomic E-state index is 14.0. The number of rotatable bonds is 13. The summed E-state index contributed by atoms with van der Waals surface area (Å²) in [5.74, 6) is 0. The number of hydrogen-bond donors (Lipinski definition) is 1. The van der Waals surface area contributed by atoms with Gasteiger partial charge in [-0.2, -0.15) is 0 Å². The van der Waals surface area contributed by atoms with Gasteiger partial charge in [-0.1, -0.05) is 186 Å². The second kappa shape index (κ2) is 19.8. The SMILES string of the molecule is CSC(=S)O[C@@H]1[C@H](OC(=S)SC)[C@@H](CO[Si](c2ccccc2)(c2ccccc2)C(C)(C)C)O[C@H]1n1cc(CO[Si](c2ccccc2)(c2ccccc2)C(C)(C)C)c(=O)[nH]c1=O. The Bertz CT molecular complexity index is 2300. The van der Waals surface area contributed by atoms with Crippen LogP contribution < -0.4 is 32.0 Å². The van der Waals surface area contributed by atoms with Crippen LogP contribution in [0, 0.1) is 0 Å². The highest BCUT2D eigenvalue weighted by atomic mass is 32.2. The lowest BCUT2D eigenvalue weighted by molar-refractivity contribution is -0.0497. The second-order valence-electron chi connectivity index (χ2n) is 16.9. The van der Waals surface area contributed by atoms with Crippen LogP contribution in [-0.2, 0) is 29.7 Å². The summed E-state index contributed by atoms with van der Waals surface area (Å²) in [4.78, 5) is 30.3. The average Bonchev–Trinajstić information content (AvgIpc) is 3.57. The van der Waals surface area contributed by atoms with E-state index in [0.717, 1.165) is 20.7 Å². The Morgan fingerprint density at radius 3 is 1.44 bits per heavy atom. The number of H-pyrrole nitrogens is 1. The molecule has 4 atom stereocenters. The molecule has 0 spiro atoms. The summed E-state index contributed by atoms with van der Waals surface area (Å²) in [5.41, 5.74) is -1.00. The summed E-state index contributed by atoms with van der Waals surface area (Å²) in [6.45, 7) is 13.1. The number of aromatic amines is 1. The number of thioether (sulfide) groups is 2. The molecule has 0 saturated carbocycles. The first-order valence-electron chi connectivity index (χ1n) is 20.1. The lowest BCUT2D eigenvalue weighted by Gasteiger charge is -2.43. The predicted molar refractivity (Wildman–Crippen MR) is 263 cm³/mol. The van der Waals surface area contributed by atoms with Gasteiger partial charge >= 0.3 is 5.69 Å². The molecule has 1 saturated heterocycles. The van der Waals surface area contributed by atoms with Crippen molar-refractivity contribution >= 4 is 94.1 Å². The molecule has 1 N–H and O–H groups in total. The number of ether oxygens (including phenoxy) is 3. The summed E-state index contributed by atoms with van der Waals surface area (Å²) >= 11 is 13.8. The fourth-order valence-corrected chi connectivity index (χ4v) is 18.1. The molecule has 0 unspecified atom stereocenters. The van der Waals surface area contributed by atoms with Crippen LogP contribution in [-0.4, -0.2) is 72.4 Å². The smallest absolute Gasteiger partial charge is 0.330 e. The molecule has 61 heavy (non-hydrogen) atoms. The van der Waals surface area contributed by atoms with Crippen molar-refractivity contribution in [3.63, 3.8) is 0 Å². The van der Waals surface area contributed by atoms with E-state index in [1.54, 1.807) is 0 Å². The highest BCUT2D eigenvalue weighted by Crippen LogP contribution is 2.41. The van der Waals surface area contributed by atoms with Gasteiger partial charge < -0.3 is 23.1 Å². The third-order valence-corrected chi connectivity index (χ3v) is 23.2. The summed E-state index contributed by atoms with van der Waals surface area (Å²) in [6, 6.07) is 41.0. The van der Waals surface area contributed by atoms with E-state index < -0.39 is 52.4 Å². The van der Waals surface area contributed by atoms with Crippen molar-refractivity contribution in [2.75, 3.05) is 19.1 Å². The van der Waals surface area contributed by atoms with Crippen molar-refractivity contribution in [2.45, 2.75) is 82.8 Å². The van der Waals surface area contributed by atoms with Crippen molar-refractivity contribution in [3.8, 4) is 0 Å². The highest BCUT2D eigenvalue weighted by molar-refractivity contribution is 8.22. The van der Waals surface area contributed by atoms with E-state index in [0.29, 0.717) is 0 Å². The van der Waals surface area contributed by atoms with E-state index in [4.69, 9.17) is 47.5 Å². The third kappa shape index (κ3) is 9.80. The minimum Gasteiger partial charge on any atom is -0.468 e. The van der Waals surface area contributed by atoms with Crippen molar-refractivity contribution in [3.05, 3.63) is 154 Å². The molecule has 1 aliphatic heterocycles. The molecule has 4 aromatic carbocycles. The first kappa shape index (κ1) is 46.8. The van der Waals surface area contributed by atoms with Gasteiger partial charge in [0.15, 0.2) is 18.4 Å². The molecule has 15 heteroatoms. The Kier molecular flexibility index (Phi) is 15.2. The minimum absolute atomic E-state index is 0.0687.